The van der Waals surface area contributed by atoms with E-state index in [9.17, 15) is 4.79 Å². The number of rotatable bonds is 4. The highest BCUT2D eigenvalue weighted by Crippen LogP contribution is 2.24. The van der Waals surface area contributed by atoms with Crippen LogP contribution in [0.4, 0.5) is 10.9 Å². The maximum Gasteiger partial charge on any atom is 0.293 e. The number of imidazole rings is 1. The lowest BCUT2D eigenvalue weighted by atomic mass is 10.3. The molecular weight excluding hydrogens is 342 g/mol. The van der Waals surface area contributed by atoms with Crippen LogP contribution in [0, 0.1) is 6.92 Å². The van der Waals surface area contributed by atoms with Crippen LogP contribution in [-0.4, -0.2) is 56.5 Å². The molecule has 1 unspecified atom stereocenters. The Kier molecular flexibility index (Phi) is 4.14. The van der Waals surface area contributed by atoms with E-state index in [0.717, 1.165) is 22.3 Å². The minimum atomic E-state index is -0.147. The third kappa shape index (κ3) is 3.22. The van der Waals surface area contributed by atoms with E-state index in [1.165, 1.54) is 4.57 Å². The van der Waals surface area contributed by atoms with Crippen molar-refractivity contribution in [2.75, 3.05) is 36.5 Å². The van der Waals surface area contributed by atoms with Gasteiger partial charge in [0.25, 0.3) is 5.56 Å². The van der Waals surface area contributed by atoms with Gasteiger partial charge in [0.05, 0.1) is 24.6 Å². The summed E-state index contributed by atoms with van der Waals surface area (Å²) in [4.78, 5) is 23.6. The molecule has 0 saturated carbocycles. The molecule has 1 saturated heterocycles. The second kappa shape index (κ2) is 6.45. The molecule has 1 N–H and O–H groups in total. The van der Waals surface area contributed by atoms with Gasteiger partial charge in [-0.15, -0.1) is 5.10 Å². The summed E-state index contributed by atoms with van der Waals surface area (Å²) in [6.07, 6.45) is 5.11. The van der Waals surface area contributed by atoms with Crippen molar-refractivity contribution in [3.05, 3.63) is 34.6 Å². The van der Waals surface area contributed by atoms with Crippen molar-refractivity contribution < 1.29 is 4.74 Å². The first-order valence-electron chi connectivity index (χ1n) is 8.05. The van der Waals surface area contributed by atoms with Crippen LogP contribution in [-0.2, 0) is 11.8 Å². The van der Waals surface area contributed by atoms with Crippen molar-refractivity contribution in [3.63, 3.8) is 0 Å². The number of aryl methyl sites for hydroxylation is 2. The lowest BCUT2D eigenvalue weighted by Gasteiger charge is -2.32. The molecule has 3 aromatic rings. The van der Waals surface area contributed by atoms with Gasteiger partial charge in [-0.1, -0.05) is 11.3 Å². The SMILES string of the molecule is Cc1cn2nc(N3CCOC(CNc4nccn(C)c4=O)C3)sc2n1. The van der Waals surface area contributed by atoms with Gasteiger partial charge in [-0.2, -0.15) is 0 Å². The van der Waals surface area contributed by atoms with Crippen LogP contribution >= 0.6 is 11.3 Å². The summed E-state index contributed by atoms with van der Waals surface area (Å²) in [6, 6.07) is 0. The van der Waals surface area contributed by atoms with E-state index >= 15 is 0 Å². The molecule has 1 atom stereocenters. The summed E-state index contributed by atoms with van der Waals surface area (Å²) >= 11 is 1.57. The Morgan fingerprint density at radius 3 is 3.20 bits per heavy atom. The molecule has 0 radical (unpaired) electrons. The van der Waals surface area contributed by atoms with Gasteiger partial charge in [0, 0.05) is 39.1 Å². The molecule has 0 amide bonds. The van der Waals surface area contributed by atoms with E-state index in [4.69, 9.17) is 4.74 Å². The highest BCUT2D eigenvalue weighted by Gasteiger charge is 2.24. The van der Waals surface area contributed by atoms with Crippen LogP contribution in [0.1, 0.15) is 5.69 Å². The van der Waals surface area contributed by atoms with E-state index in [0.29, 0.717) is 25.5 Å². The topological polar surface area (TPSA) is 89.6 Å². The lowest BCUT2D eigenvalue weighted by Crippen LogP contribution is -2.45. The molecule has 3 aromatic heterocycles. The van der Waals surface area contributed by atoms with Crippen molar-refractivity contribution in [1.29, 1.82) is 0 Å². The minimum Gasteiger partial charge on any atom is -0.373 e. The predicted molar refractivity (Wildman–Crippen MR) is 95.5 cm³/mol. The van der Waals surface area contributed by atoms with Crippen molar-refractivity contribution in [1.82, 2.24) is 24.1 Å². The molecule has 132 valence electrons. The van der Waals surface area contributed by atoms with Gasteiger partial charge in [-0.25, -0.2) is 14.5 Å². The number of anilines is 2. The number of morpholine rings is 1. The van der Waals surface area contributed by atoms with Crippen LogP contribution in [0.5, 0.6) is 0 Å². The minimum absolute atomic E-state index is 0.0431. The van der Waals surface area contributed by atoms with Crippen LogP contribution < -0.4 is 15.8 Å². The summed E-state index contributed by atoms with van der Waals surface area (Å²) in [5, 5.41) is 8.62. The smallest absolute Gasteiger partial charge is 0.293 e. The van der Waals surface area contributed by atoms with Crippen LogP contribution in [0.25, 0.3) is 4.96 Å². The van der Waals surface area contributed by atoms with Gasteiger partial charge in [-0.05, 0) is 6.92 Å². The van der Waals surface area contributed by atoms with E-state index in [-0.39, 0.29) is 11.7 Å². The number of fused-ring (bicyclic) bond motifs is 1. The number of nitrogens with zero attached hydrogens (tertiary/aromatic N) is 6. The molecule has 4 heterocycles. The van der Waals surface area contributed by atoms with Crippen LogP contribution in [0.2, 0.25) is 0 Å². The summed E-state index contributed by atoms with van der Waals surface area (Å²) < 4.78 is 9.12. The third-order valence-electron chi connectivity index (χ3n) is 4.08. The second-order valence-corrected chi connectivity index (χ2v) is 6.94. The number of ether oxygens (including phenoxy) is 1. The predicted octanol–water partition coefficient (Wildman–Crippen LogP) is 0.510. The maximum atomic E-state index is 12.0. The van der Waals surface area contributed by atoms with Crippen molar-refractivity contribution >= 4 is 27.2 Å². The Hall–Kier alpha value is -2.46. The highest BCUT2D eigenvalue weighted by molar-refractivity contribution is 7.20. The Morgan fingerprint density at radius 2 is 2.36 bits per heavy atom. The lowest BCUT2D eigenvalue weighted by molar-refractivity contribution is 0.0491. The third-order valence-corrected chi connectivity index (χ3v) is 5.06. The van der Waals surface area contributed by atoms with Gasteiger partial charge in [0.15, 0.2) is 5.82 Å². The van der Waals surface area contributed by atoms with Crippen molar-refractivity contribution in [2.45, 2.75) is 13.0 Å². The van der Waals surface area contributed by atoms with Crippen LogP contribution in [0.15, 0.2) is 23.4 Å². The summed E-state index contributed by atoms with van der Waals surface area (Å²) in [6.45, 7) is 4.59. The monoisotopic (exact) mass is 361 g/mol. The number of aromatic nitrogens is 5. The molecule has 10 heteroatoms. The van der Waals surface area contributed by atoms with Gasteiger partial charge >= 0.3 is 0 Å². The second-order valence-electron chi connectivity index (χ2n) is 6.01. The fourth-order valence-corrected chi connectivity index (χ4v) is 3.74. The molecule has 0 aliphatic carbocycles. The first-order valence-corrected chi connectivity index (χ1v) is 8.86. The standard InChI is InChI=1S/C15H19N7O2S/c1-10-8-22-14(18-10)25-15(19-22)21-5-6-24-11(9-21)7-17-12-13(23)20(2)4-3-16-12/h3-4,8,11H,5-7,9H2,1-2H3,(H,16,17). The highest BCUT2D eigenvalue weighted by atomic mass is 32.1. The Bertz CT molecular complexity index is 915. The number of nitrogens with one attached hydrogen (secondary N) is 1. The Morgan fingerprint density at radius 1 is 1.48 bits per heavy atom. The van der Waals surface area contributed by atoms with E-state index < -0.39 is 0 Å². The molecular formula is C15H19N7O2S. The average Bonchev–Trinajstić information content (AvgIpc) is 3.14. The Balaban J connectivity index is 1.42. The summed E-state index contributed by atoms with van der Waals surface area (Å²) in [5.41, 5.74) is 0.818. The normalized spacial score (nSPS) is 18.0. The van der Waals surface area contributed by atoms with Crippen molar-refractivity contribution in [2.24, 2.45) is 7.05 Å². The van der Waals surface area contributed by atoms with Gasteiger partial charge in [0.1, 0.15) is 0 Å². The molecule has 1 aliphatic rings. The average molecular weight is 361 g/mol. The van der Waals surface area contributed by atoms with Crippen molar-refractivity contribution in [3.8, 4) is 0 Å². The maximum absolute atomic E-state index is 12.0. The zero-order valence-corrected chi connectivity index (χ0v) is 14.9. The molecule has 0 spiro atoms. The van der Waals surface area contributed by atoms with E-state index in [2.05, 4.69) is 25.3 Å². The van der Waals surface area contributed by atoms with E-state index in [1.807, 2.05) is 17.6 Å². The van der Waals surface area contributed by atoms with Gasteiger partial charge in [0.2, 0.25) is 10.1 Å². The molecule has 25 heavy (non-hydrogen) atoms. The number of hydrogen-bond donors (Lipinski definition) is 1. The molecule has 1 aliphatic heterocycles. The number of hydrogen-bond acceptors (Lipinski definition) is 8. The van der Waals surface area contributed by atoms with Crippen LogP contribution in [0.3, 0.4) is 0 Å². The van der Waals surface area contributed by atoms with E-state index in [1.54, 1.807) is 30.8 Å². The molecule has 9 nitrogen and oxygen atoms in total. The Labute approximate surface area is 147 Å². The fourth-order valence-electron chi connectivity index (χ4n) is 2.77. The zero-order chi connectivity index (χ0) is 17.4. The molecule has 1 fully saturated rings. The van der Waals surface area contributed by atoms with Gasteiger partial charge < -0.3 is 19.5 Å². The molecule has 4 rings (SSSR count). The first kappa shape index (κ1) is 16.0. The zero-order valence-electron chi connectivity index (χ0n) is 14.0. The quantitative estimate of drug-likeness (QED) is 0.724. The summed E-state index contributed by atoms with van der Waals surface area (Å²) in [7, 11) is 1.70. The van der Waals surface area contributed by atoms with Gasteiger partial charge in [-0.3, -0.25) is 4.79 Å². The largest absolute Gasteiger partial charge is 0.373 e. The molecule has 0 bridgehead atoms. The molecule has 0 aromatic carbocycles. The summed E-state index contributed by atoms with van der Waals surface area (Å²) in [5.74, 6) is 0.342. The first-order chi connectivity index (χ1) is 12.1. The fraction of sp³-hybridized carbons (Fsp3) is 0.467.